The Morgan fingerprint density at radius 3 is 1.73 bits per heavy atom. The lowest BCUT2D eigenvalue weighted by Crippen LogP contribution is -2.42. The predicted octanol–water partition coefficient (Wildman–Crippen LogP) is 4.29. The van der Waals surface area contributed by atoms with E-state index in [4.69, 9.17) is 47.7 Å². The Labute approximate surface area is 332 Å². The molecule has 0 spiro atoms. The molecule has 0 aliphatic rings. The van der Waals surface area contributed by atoms with Gasteiger partial charge < -0.3 is 21.1 Å². The van der Waals surface area contributed by atoms with Crippen LogP contribution in [0.5, 0.6) is 0 Å². The molecule has 0 aliphatic heterocycles. The molecule has 306 valence electrons. The first-order valence-electron chi connectivity index (χ1n) is 16.4. The van der Waals surface area contributed by atoms with E-state index in [0.717, 1.165) is 22.2 Å². The molecule has 4 aromatic carbocycles. The third kappa shape index (κ3) is 16.9. The van der Waals surface area contributed by atoms with Crippen LogP contribution in [0.3, 0.4) is 0 Å². The fourth-order valence-electron chi connectivity index (χ4n) is 4.62. The Kier molecular flexibility index (Phi) is 20.4. The summed E-state index contributed by atoms with van der Waals surface area (Å²) in [6.45, 7) is 4.05. The molecule has 0 aliphatic carbocycles. The zero-order valence-corrected chi connectivity index (χ0v) is 34.3. The van der Waals surface area contributed by atoms with Crippen LogP contribution in [-0.4, -0.2) is 85.5 Å². The summed E-state index contributed by atoms with van der Waals surface area (Å²) < 4.78 is 93.4. The average molecular weight is 856 g/mol. The van der Waals surface area contributed by atoms with Crippen LogP contribution in [0.15, 0.2) is 105 Å². The Balaban J connectivity index is 0.000000527. The zero-order chi connectivity index (χ0) is 42.7. The highest BCUT2D eigenvalue weighted by molar-refractivity contribution is 7.89. The number of hydrogen-bond donors (Lipinski definition) is 5. The number of hydrogen-bond acceptors (Lipinski definition) is 12. The molecule has 56 heavy (non-hydrogen) atoms. The number of rotatable bonds is 14. The number of esters is 1. The number of aryl methyl sites for hydroxylation is 2. The number of ether oxygens (including phenoxy) is 1. The van der Waals surface area contributed by atoms with E-state index in [1.54, 1.807) is 42.5 Å². The summed E-state index contributed by atoms with van der Waals surface area (Å²) in [4.78, 5) is 18.3. The van der Waals surface area contributed by atoms with Gasteiger partial charge in [0.1, 0.15) is 6.04 Å². The van der Waals surface area contributed by atoms with E-state index >= 15 is 0 Å². The van der Waals surface area contributed by atoms with Crippen molar-refractivity contribution in [3.8, 4) is 0 Å². The minimum atomic E-state index is -4.04. The molecule has 4 aromatic rings. The normalized spacial score (nSPS) is 11.6. The molecule has 0 fully saturated rings. The van der Waals surface area contributed by atoms with Crippen LogP contribution < -0.4 is 21.1 Å². The number of sulfonamides is 1. The van der Waals surface area contributed by atoms with Crippen LogP contribution in [-0.2, 0) is 39.8 Å². The molecular weight excluding hydrogens is 810 g/mol. The summed E-state index contributed by atoms with van der Waals surface area (Å²) in [5, 5.41) is 13.3. The number of carbonyl (C=O) groups excluding carboxylic acids is 1. The van der Waals surface area contributed by atoms with Crippen LogP contribution >= 0.6 is 11.6 Å². The molecule has 7 N–H and O–H groups in total. The molecular formula is C35H46ClN7O10S3. The quantitative estimate of drug-likeness (QED) is 0.0225. The van der Waals surface area contributed by atoms with Gasteiger partial charge in [0, 0.05) is 53.8 Å². The maximum absolute atomic E-state index is 13.3. The molecule has 21 heteroatoms. The highest BCUT2D eigenvalue weighted by Gasteiger charge is 2.28. The molecule has 0 saturated heterocycles. The van der Waals surface area contributed by atoms with Gasteiger partial charge in [0.05, 0.1) is 21.3 Å². The smallest absolute Gasteiger partial charge is 0.324 e. The second kappa shape index (κ2) is 23.2. The van der Waals surface area contributed by atoms with Crippen LogP contribution in [0.25, 0.3) is 10.8 Å². The van der Waals surface area contributed by atoms with Gasteiger partial charge in [-0.25, -0.2) is 8.42 Å². The Morgan fingerprint density at radius 2 is 1.29 bits per heavy atom. The van der Waals surface area contributed by atoms with E-state index in [9.17, 15) is 30.0 Å². The van der Waals surface area contributed by atoms with E-state index in [2.05, 4.69) is 9.71 Å². The summed E-state index contributed by atoms with van der Waals surface area (Å²) in [6.07, 6.45) is 1.02. The third-order valence-corrected chi connectivity index (χ3v) is 10.9. The van der Waals surface area contributed by atoms with Crippen molar-refractivity contribution >= 4 is 70.2 Å². The Morgan fingerprint density at radius 1 is 0.804 bits per heavy atom. The monoisotopic (exact) mass is 855 g/mol. The molecule has 4 rings (SSSR count). The predicted molar refractivity (Wildman–Crippen MR) is 214 cm³/mol. The third-order valence-electron chi connectivity index (χ3n) is 7.32. The second-order valence-electron chi connectivity index (χ2n) is 11.9. The Hall–Kier alpha value is -4.88. The summed E-state index contributed by atoms with van der Waals surface area (Å²) >= 11 is 5.63. The highest BCUT2D eigenvalue weighted by atomic mass is 35.5. The van der Waals surface area contributed by atoms with Crippen LogP contribution in [0.2, 0.25) is 0 Å². The van der Waals surface area contributed by atoms with Gasteiger partial charge in [0.25, 0.3) is 20.2 Å². The maximum Gasteiger partial charge on any atom is 0.324 e. The fraction of sp³-hybridized carbons (Fsp3) is 0.314. The van der Waals surface area contributed by atoms with Crippen molar-refractivity contribution in [2.75, 3.05) is 38.0 Å². The number of nitrogens with zero attached hydrogens (tertiary/aromatic N) is 4. The maximum atomic E-state index is 13.3. The highest BCUT2D eigenvalue weighted by Crippen LogP contribution is 2.30. The largest absolute Gasteiger partial charge is 0.464 e. The van der Waals surface area contributed by atoms with Crippen molar-refractivity contribution in [3.63, 3.8) is 0 Å². The average Bonchev–Trinajstić information content (AvgIpc) is 3.13. The number of guanidine groups is 1. The summed E-state index contributed by atoms with van der Waals surface area (Å²) in [6, 6.07) is 21.4. The van der Waals surface area contributed by atoms with E-state index in [0.29, 0.717) is 24.1 Å². The van der Waals surface area contributed by atoms with Gasteiger partial charge in [-0.3, -0.25) is 18.9 Å². The molecule has 0 saturated carbocycles. The van der Waals surface area contributed by atoms with Gasteiger partial charge in [-0.2, -0.15) is 21.6 Å². The Bertz CT molecular complexity index is 2180. The van der Waals surface area contributed by atoms with Crippen molar-refractivity contribution < 1.29 is 43.9 Å². The summed E-state index contributed by atoms with van der Waals surface area (Å²) in [5.74, 6) is -0.407. The first kappa shape index (κ1) is 49.1. The van der Waals surface area contributed by atoms with Crippen LogP contribution in [0.4, 0.5) is 5.69 Å². The topological polar surface area (TPSA) is 296 Å². The van der Waals surface area contributed by atoms with Gasteiger partial charge >= 0.3 is 5.97 Å². The van der Waals surface area contributed by atoms with E-state index in [1.807, 2.05) is 45.0 Å². The van der Waals surface area contributed by atoms with Crippen LogP contribution in [0.1, 0.15) is 30.4 Å². The summed E-state index contributed by atoms with van der Waals surface area (Å²) in [7, 11) is -8.30. The van der Waals surface area contributed by atoms with E-state index in [-0.39, 0.29) is 40.2 Å². The van der Waals surface area contributed by atoms with Crippen molar-refractivity contribution in [1.29, 1.82) is 10.8 Å². The zero-order valence-electron chi connectivity index (χ0n) is 31.1. The van der Waals surface area contributed by atoms with Gasteiger partial charge in [-0.15, -0.1) is 11.6 Å². The lowest BCUT2D eigenvalue weighted by Gasteiger charge is -2.20. The van der Waals surface area contributed by atoms with Gasteiger partial charge in [-0.05, 0) is 69.5 Å². The van der Waals surface area contributed by atoms with Gasteiger partial charge in [0.2, 0.25) is 10.0 Å². The van der Waals surface area contributed by atoms with Gasteiger partial charge in [-0.1, -0.05) is 59.7 Å². The minimum absolute atomic E-state index is 0.0666. The van der Waals surface area contributed by atoms with Crippen molar-refractivity contribution in [1.82, 2.24) is 4.72 Å². The lowest BCUT2D eigenvalue weighted by atomic mass is 10.1. The first-order valence-corrected chi connectivity index (χ1v) is 21.3. The van der Waals surface area contributed by atoms with Gasteiger partial charge in [0.15, 0.2) is 5.96 Å². The minimum Gasteiger partial charge on any atom is -0.464 e. The number of anilines is 1. The number of benzene rings is 4. The first-order chi connectivity index (χ1) is 26.2. The molecule has 0 heterocycles. The number of nitrogens with one attached hydrogen (secondary N) is 1. The number of alkyl halides is 1. The SMILES string of the molecule is CN(C)c1cccc2c(S(=O)(=O)N[C@@H](CCCN=C(N)N)C(=O)OCCCCl)cccc12.Cc1ccc(S(=O)(=O)O)cc1.Cc1ccc(S(=O)(=O)O)cc1.N#N. The number of nitrogens with two attached hydrogens (primary N) is 2. The molecule has 1 atom stereocenters. The van der Waals surface area contributed by atoms with E-state index in [1.165, 1.54) is 30.3 Å². The molecule has 0 bridgehead atoms. The molecule has 0 aromatic heterocycles. The van der Waals surface area contributed by atoms with Crippen LogP contribution in [0, 0.1) is 24.6 Å². The molecule has 0 radical (unpaired) electrons. The van der Waals surface area contributed by atoms with Crippen molar-refractivity contribution in [3.05, 3.63) is 96.1 Å². The van der Waals surface area contributed by atoms with Crippen molar-refractivity contribution in [2.24, 2.45) is 16.5 Å². The van der Waals surface area contributed by atoms with Crippen molar-refractivity contribution in [2.45, 2.75) is 53.8 Å². The number of carbonyl (C=O) groups is 1. The number of halogens is 1. The number of aliphatic imine (C=N–C) groups is 1. The standard InChI is InChI=1S/C21H30ClN5O4S.2C7H8O3S.N2/c1-27(2)18-10-3-8-16-15(18)7-4-11-19(16)32(29,30)26-17(9-5-13-25-21(23)24)20(28)31-14-6-12-22;2*1-6-2-4-7(5-3-6)11(8,9)10;1-2/h3-4,7-8,10-11,17,26H,5-6,9,12-14H2,1-2H3,(H4,23,24,25);2*2-5H,1H3,(H,8,9,10);/t17-;;;/m0.../s1. The lowest BCUT2D eigenvalue weighted by molar-refractivity contribution is -0.145. The van der Waals surface area contributed by atoms with E-state index < -0.39 is 42.3 Å². The summed E-state index contributed by atoms with van der Waals surface area (Å²) in [5.41, 5.74) is 13.4. The fourth-order valence-corrected chi connectivity index (χ4v) is 7.13. The number of fused-ring (bicyclic) bond motifs is 1. The second-order valence-corrected chi connectivity index (χ2v) is 16.8. The molecule has 0 unspecified atom stereocenters. The molecule has 17 nitrogen and oxygen atoms in total. The molecule has 0 amide bonds.